The summed E-state index contributed by atoms with van der Waals surface area (Å²) in [5.41, 5.74) is 0. The number of unbranched alkanes of at least 4 members (excludes halogenated alkanes) is 42. The molecule has 93 heavy (non-hydrogen) atoms. The lowest BCUT2D eigenvalue weighted by molar-refractivity contribution is -0.870. The number of carbonyl (C=O) groups excluding carboxylic acids is 3. The van der Waals surface area contributed by atoms with E-state index in [9.17, 15) is 19.5 Å². The van der Waals surface area contributed by atoms with Crippen molar-refractivity contribution in [2.75, 3.05) is 47.5 Å². The van der Waals surface area contributed by atoms with Gasteiger partial charge in [-0.3, -0.25) is 9.59 Å². The summed E-state index contributed by atoms with van der Waals surface area (Å²) in [4.78, 5) is 37.6. The summed E-state index contributed by atoms with van der Waals surface area (Å²) in [6.45, 7) is 4.67. The van der Waals surface area contributed by atoms with Crippen molar-refractivity contribution in [1.29, 1.82) is 0 Å². The van der Waals surface area contributed by atoms with Crippen molar-refractivity contribution in [2.24, 2.45) is 0 Å². The Morgan fingerprint density at radius 3 is 0.914 bits per heavy atom. The SMILES string of the molecule is CC/C=C\C/C=C\C/C=C\C/C=C\C/C=C\CCCCCCCCCCCCCCCCCC(=O)OC(COC(=O)CCCCCCCCCCCCCCCCCCCCCCCC/C=C\C/C=C\C/C=C\CCCCCCC)COC(OCC[N+](C)(C)C)C(=O)[O-]. The van der Waals surface area contributed by atoms with E-state index < -0.39 is 24.3 Å². The highest BCUT2D eigenvalue weighted by molar-refractivity contribution is 5.70. The fourth-order valence-electron chi connectivity index (χ4n) is 11.3. The molecule has 0 saturated heterocycles. The standard InChI is InChI=1S/C84H149NO8/c1-6-8-10-12-14-16-18-20-22-24-26-28-30-32-34-36-38-39-40-41-42-43-45-46-48-50-52-54-56-58-60-62-64-66-68-70-72-74-81(86)91-78-80(79-92-84(83(88)89)90-77-76-85(3,4)5)93-82(87)75-73-71-69-67-65-63-61-59-57-55-53-51-49-47-44-37-35-33-31-29-27-25-23-21-19-17-15-13-11-9-7-2/h9,11,15,17-18,20-21,23-24,26-27,29-30,32-33,35,80,84H,6-8,10,12-14,16,19,22,25,28,31,34,36-79H2,1-5H3/b11-9-,17-15-,20-18-,23-21-,26-24-,29-27-,32-30-,35-33-. The van der Waals surface area contributed by atoms with Crippen LogP contribution in [0.1, 0.15) is 361 Å². The zero-order valence-corrected chi connectivity index (χ0v) is 61.6. The molecule has 0 saturated carbocycles. The van der Waals surface area contributed by atoms with Crippen LogP contribution in [0.15, 0.2) is 97.2 Å². The van der Waals surface area contributed by atoms with Crippen molar-refractivity contribution in [2.45, 2.75) is 373 Å². The maximum absolute atomic E-state index is 13.0. The molecule has 0 aliphatic heterocycles. The summed E-state index contributed by atoms with van der Waals surface area (Å²) in [7, 11) is 5.94. The van der Waals surface area contributed by atoms with Gasteiger partial charge < -0.3 is 33.3 Å². The first-order valence-electron chi connectivity index (χ1n) is 39.4. The van der Waals surface area contributed by atoms with E-state index in [0.29, 0.717) is 23.9 Å². The van der Waals surface area contributed by atoms with Crippen LogP contribution in [-0.4, -0.2) is 82.3 Å². The summed E-state index contributed by atoms with van der Waals surface area (Å²) in [6.07, 6.45) is 99.5. The van der Waals surface area contributed by atoms with Crippen LogP contribution in [0.3, 0.4) is 0 Å². The molecule has 9 heteroatoms. The van der Waals surface area contributed by atoms with Crippen LogP contribution in [0.5, 0.6) is 0 Å². The first-order valence-corrected chi connectivity index (χ1v) is 39.4. The van der Waals surface area contributed by atoms with Crippen LogP contribution < -0.4 is 5.11 Å². The van der Waals surface area contributed by atoms with Crippen LogP contribution in [0.2, 0.25) is 0 Å². The van der Waals surface area contributed by atoms with Gasteiger partial charge in [-0.05, 0) is 96.3 Å². The van der Waals surface area contributed by atoms with Crippen molar-refractivity contribution in [1.82, 2.24) is 0 Å². The molecule has 0 aromatic rings. The first-order chi connectivity index (χ1) is 45.6. The fourth-order valence-corrected chi connectivity index (χ4v) is 11.3. The van der Waals surface area contributed by atoms with Crippen LogP contribution in [0, 0.1) is 0 Å². The monoisotopic (exact) mass is 1300 g/mol. The van der Waals surface area contributed by atoms with Crippen LogP contribution in [-0.2, 0) is 33.3 Å². The average molecular weight is 1300 g/mol. The molecule has 0 aromatic heterocycles. The Kier molecular flexibility index (Phi) is 71.0. The van der Waals surface area contributed by atoms with Crippen molar-refractivity contribution >= 4 is 17.9 Å². The van der Waals surface area contributed by atoms with E-state index in [1.807, 2.05) is 21.1 Å². The quantitative estimate of drug-likeness (QED) is 0.0195. The number of nitrogens with zero attached hydrogens (tertiary/aromatic N) is 1. The number of hydrogen-bond donors (Lipinski definition) is 0. The molecule has 0 aliphatic rings. The number of ether oxygens (including phenoxy) is 4. The predicted octanol–water partition coefficient (Wildman–Crippen LogP) is 23.8. The smallest absolute Gasteiger partial charge is 0.306 e. The highest BCUT2D eigenvalue weighted by Crippen LogP contribution is 2.19. The Morgan fingerprint density at radius 2 is 0.613 bits per heavy atom. The van der Waals surface area contributed by atoms with Crippen LogP contribution in [0.4, 0.5) is 0 Å². The molecule has 0 fully saturated rings. The van der Waals surface area contributed by atoms with Gasteiger partial charge in [0.1, 0.15) is 13.2 Å². The lowest BCUT2D eigenvalue weighted by atomic mass is 10.0. The molecule has 0 rings (SSSR count). The van der Waals surface area contributed by atoms with E-state index in [1.54, 1.807) is 0 Å². The number of carbonyl (C=O) groups is 3. The fraction of sp³-hybridized carbons (Fsp3) is 0.774. The van der Waals surface area contributed by atoms with E-state index in [2.05, 4.69) is 111 Å². The number of quaternary nitrogens is 1. The summed E-state index contributed by atoms with van der Waals surface area (Å²) in [6, 6.07) is 0. The second-order valence-corrected chi connectivity index (χ2v) is 27.6. The molecule has 0 aromatic carbocycles. The maximum Gasteiger partial charge on any atom is 0.306 e. The number of carboxylic acid groups (broad SMARTS) is 1. The van der Waals surface area contributed by atoms with E-state index in [-0.39, 0.29) is 32.2 Å². The number of aliphatic carboxylic acids is 1. The highest BCUT2D eigenvalue weighted by atomic mass is 16.7. The van der Waals surface area contributed by atoms with Crippen LogP contribution in [0.25, 0.3) is 0 Å². The lowest BCUT2D eigenvalue weighted by Gasteiger charge is -2.26. The van der Waals surface area contributed by atoms with Gasteiger partial charge in [0, 0.05) is 12.8 Å². The van der Waals surface area contributed by atoms with Gasteiger partial charge in [0.25, 0.3) is 0 Å². The van der Waals surface area contributed by atoms with Gasteiger partial charge >= 0.3 is 11.9 Å². The minimum Gasteiger partial charge on any atom is -0.545 e. The number of allylic oxidation sites excluding steroid dienone is 16. The predicted molar refractivity (Wildman–Crippen MR) is 398 cm³/mol. The molecule has 0 spiro atoms. The van der Waals surface area contributed by atoms with E-state index in [4.69, 9.17) is 18.9 Å². The molecule has 538 valence electrons. The Balaban J connectivity index is 4.01. The zero-order valence-electron chi connectivity index (χ0n) is 61.6. The molecule has 0 radical (unpaired) electrons. The number of hydrogen-bond acceptors (Lipinski definition) is 8. The minimum absolute atomic E-state index is 0.147. The largest absolute Gasteiger partial charge is 0.545 e. The molecule has 0 heterocycles. The second kappa shape index (κ2) is 74.0. The normalized spacial score (nSPS) is 13.2. The lowest BCUT2D eigenvalue weighted by Crippen LogP contribution is -2.44. The van der Waals surface area contributed by atoms with Gasteiger partial charge in [0.2, 0.25) is 0 Å². The Labute approximate surface area is 575 Å². The second-order valence-electron chi connectivity index (χ2n) is 27.6. The third kappa shape index (κ3) is 75.5. The van der Waals surface area contributed by atoms with E-state index in [0.717, 1.165) is 83.5 Å². The van der Waals surface area contributed by atoms with Gasteiger partial charge in [-0.1, -0.05) is 349 Å². The van der Waals surface area contributed by atoms with Crippen molar-refractivity contribution in [3.05, 3.63) is 97.2 Å². The van der Waals surface area contributed by atoms with Gasteiger partial charge in [-0.2, -0.15) is 0 Å². The summed E-state index contributed by atoms with van der Waals surface area (Å²) >= 11 is 0. The minimum atomic E-state index is -1.62. The molecular weight excluding hydrogens is 1150 g/mol. The van der Waals surface area contributed by atoms with E-state index >= 15 is 0 Å². The van der Waals surface area contributed by atoms with Gasteiger partial charge in [0.05, 0.1) is 40.3 Å². The summed E-state index contributed by atoms with van der Waals surface area (Å²) < 4.78 is 22.9. The number of rotatable bonds is 73. The molecule has 0 N–H and O–H groups in total. The Bertz CT molecular complexity index is 1850. The third-order valence-electron chi connectivity index (χ3n) is 17.3. The topological polar surface area (TPSA) is 111 Å². The first kappa shape index (κ1) is 89.2. The van der Waals surface area contributed by atoms with Gasteiger partial charge in [0.15, 0.2) is 12.4 Å². The zero-order chi connectivity index (χ0) is 67.5. The van der Waals surface area contributed by atoms with Gasteiger partial charge in [-0.15, -0.1) is 0 Å². The average Bonchev–Trinajstić information content (AvgIpc) is 3.38. The third-order valence-corrected chi connectivity index (χ3v) is 17.3. The van der Waals surface area contributed by atoms with Crippen molar-refractivity contribution in [3.63, 3.8) is 0 Å². The Morgan fingerprint density at radius 1 is 0.333 bits per heavy atom. The highest BCUT2D eigenvalue weighted by Gasteiger charge is 2.22. The molecule has 0 aliphatic carbocycles. The summed E-state index contributed by atoms with van der Waals surface area (Å²) in [5.74, 6) is -2.26. The maximum atomic E-state index is 13.0. The molecule has 9 nitrogen and oxygen atoms in total. The van der Waals surface area contributed by atoms with Crippen molar-refractivity contribution in [3.8, 4) is 0 Å². The molecule has 0 amide bonds. The number of likely N-dealkylation sites (N-methyl/N-ethyl adjacent to an activating group) is 1. The summed E-state index contributed by atoms with van der Waals surface area (Å²) in [5, 5.41) is 11.9. The number of carboxylic acids is 1. The van der Waals surface area contributed by atoms with Crippen LogP contribution >= 0.6 is 0 Å². The Hall–Kier alpha value is -3.79. The van der Waals surface area contributed by atoms with E-state index in [1.165, 1.54) is 244 Å². The molecule has 0 bridgehead atoms. The molecule has 2 atom stereocenters. The van der Waals surface area contributed by atoms with Crippen molar-refractivity contribution < 1.29 is 42.9 Å². The van der Waals surface area contributed by atoms with Gasteiger partial charge in [-0.25, -0.2) is 0 Å². The molecule has 2 unspecified atom stereocenters. The number of esters is 2. The molecular formula is C84H149NO8.